The van der Waals surface area contributed by atoms with Gasteiger partial charge in [0.1, 0.15) is 5.75 Å². The summed E-state index contributed by atoms with van der Waals surface area (Å²) in [5, 5.41) is 3.47. The van der Waals surface area contributed by atoms with Crippen LogP contribution in [-0.2, 0) is 13.1 Å². The van der Waals surface area contributed by atoms with E-state index in [4.69, 9.17) is 4.74 Å². The molecule has 0 amide bonds. The molecular weight excluding hydrogens is 260 g/mol. The van der Waals surface area contributed by atoms with Crippen LogP contribution in [0.25, 0.3) is 0 Å². The predicted octanol–water partition coefficient (Wildman–Crippen LogP) is 3.57. The Hall–Kier alpha value is -1.06. The molecule has 3 heteroatoms. The molecule has 1 N–H and O–H groups in total. The summed E-state index contributed by atoms with van der Waals surface area (Å²) >= 11 is 0. The molecule has 0 bridgehead atoms. The SMILES string of the molecule is CCCNCc1ccc(OC)c(CN2CCCC2(C)C)c1. The van der Waals surface area contributed by atoms with E-state index in [1.807, 2.05) is 0 Å². The van der Waals surface area contributed by atoms with Gasteiger partial charge in [0.05, 0.1) is 7.11 Å². The number of nitrogens with zero attached hydrogens (tertiary/aromatic N) is 1. The van der Waals surface area contributed by atoms with Crippen LogP contribution in [0.5, 0.6) is 5.75 Å². The molecule has 0 atom stereocenters. The first-order valence-electron chi connectivity index (χ1n) is 8.18. The van der Waals surface area contributed by atoms with E-state index < -0.39 is 0 Å². The Morgan fingerprint density at radius 2 is 2.14 bits per heavy atom. The molecule has 1 saturated heterocycles. The van der Waals surface area contributed by atoms with E-state index >= 15 is 0 Å². The monoisotopic (exact) mass is 290 g/mol. The average molecular weight is 290 g/mol. The molecule has 1 aliphatic rings. The number of methoxy groups -OCH3 is 1. The summed E-state index contributed by atoms with van der Waals surface area (Å²) in [6, 6.07) is 6.58. The van der Waals surface area contributed by atoms with Crippen LogP contribution in [0.4, 0.5) is 0 Å². The van der Waals surface area contributed by atoms with Crippen molar-refractivity contribution in [2.24, 2.45) is 0 Å². The number of nitrogens with one attached hydrogen (secondary N) is 1. The standard InChI is InChI=1S/C18H30N2O/c1-5-10-19-13-15-7-8-17(21-4)16(12-15)14-20-11-6-9-18(20,2)3/h7-8,12,19H,5-6,9-11,13-14H2,1-4H3. The Kier molecular flexibility index (Phi) is 5.65. The lowest BCUT2D eigenvalue weighted by atomic mass is 10.0. The van der Waals surface area contributed by atoms with Gasteiger partial charge in [-0.25, -0.2) is 0 Å². The highest BCUT2D eigenvalue weighted by atomic mass is 16.5. The summed E-state index contributed by atoms with van der Waals surface area (Å²) in [5.41, 5.74) is 2.96. The molecule has 0 radical (unpaired) electrons. The number of benzene rings is 1. The van der Waals surface area contributed by atoms with Gasteiger partial charge in [-0.3, -0.25) is 4.90 Å². The molecule has 1 fully saturated rings. The van der Waals surface area contributed by atoms with Crippen LogP contribution in [-0.4, -0.2) is 30.6 Å². The Labute approximate surface area is 129 Å². The van der Waals surface area contributed by atoms with Crippen LogP contribution in [0.2, 0.25) is 0 Å². The van der Waals surface area contributed by atoms with Gasteiger partial charge in [0.2, 0.25) is 0 Å². The Balaban J connectivity index is 2.10. The topological polar surface area (TPSA) is 24.5 Å². The van der Waals surface area contributed by atoms with Crippen molar-refractivity contribution in [2.45, 2.75) is 58.7 Å². The molecular formula is C18H30N2O. The van der Waals surface area contributed by atoms with Gasteiger partial charge in [0.25, 0.3) is 0 Å². The largest absolute Gasteiger partial charge is 0.496 e. The van der Waals surface area contributed by atoms with E-state index in [1.54, 1.807) is 7.11 Å². The van der Waals surface area contributed by atoms with Gasteiger partial charge in [0, 0.05) is 24.2 Å². The number of hydrogen-bond acceptors (Lipinski definition) is 3. The first kappa shape index (κ1) is 16.3. The lowest BCUT2D eigenvalue weighted by Gasteiger charge is -2.32. The number of hydrogen-bond donors (Lipinski definition) is 1. The van der Waals surface area contributed by atoms with Crippen LogP contribution >= 0.6 is 0 Å². The summed E-state index contributed by atoms with van der Waals surface area (Å²) < 4.78 is 5.56. The summed E-state index contributed by atoms with van der Waals surface area (Å²) in [6.45, 7) is 11.1. The minimum atomic E-state index is 0.307. The maximum absolute atomic E-state index is 5.56. The van der Waals surface area contributed by atoms with Crippen molar-refractivity contribution < 1.29 is 4.74 Å². The third kappa shape index (κ3) is 4.21. The van der Waals surface area contributed by atoms with Gasteiger partial charge in [0.15, 0.2) is 0 Å². The highest BCUT2D eigenvalue weighted by molar-refractivity contribution is 5.37. The molecule has 0 unspecified atom stereocenters. The van der Waals surface area contributed by atoms with Crippen LogP contribution in [0, 0.1) is 0 Å². The number of rotatable bonds is 7. The van der Waals surface area contributed by atoms with E-state index in [0.717, 1.165) is 25.4 Å². The molecule has 0 aromatic heterocycles. The lowest BCUT2D eigenvalue weighted by Crippen LogP contribution is -2.37. The van der Waals surface area contributed by atoms with Crippen molar-refractivity contribution in [2.75, 3.05) is 20.2 Å². The van der Waals surface area contributed by atoms with Gasteiger partial charge in [-0.1, -0.05) is 13.0 Å². The fourth-order valence-electron chi connectivity index (χ4n) is 3.14. The normalized spacial score (nSPS) is 18.1. The molecule has 1 aromatic rings. The molecule has 2 rings (SSSR count). The third-order valence-electron chi connectivity index (χ3n) is 4.53. The number of ether oxygens (including phenoxy) is 1. The Morgan fingerprint density at radius 3 is 2.76 bits per heavy atom. The van der Waals surface area contributed by atoms with E-state index in [1.165, 1.54) is 36.9 Å². The number of likely N-dealkylation sites (tertiary alicyclic amines) is 1. The van der Waals surface area contributed by atoms with Gasteiger partial charge in [-0.05, 0) is 63.9 Å². The molecule has 0 saturated carbocycles. The van der Waals surface area contributed by atoms with Crippen molar-refractivity contribution in [1.29, 1.82) is 0 Å². The van der Waals surface area contributed by atoms with Gasteiger partial charge in [-0.15, -0.1) is 0 Å². The summed E-state index contributed by atoms with van der Waals surface area (Å²) in [6.07, 6.45) is 3.76. The second kappa shape index (κ2) is 7.28. The lowest BCUT2D eigenvalue weighted by molar-refractivity contribution is 0.165. The molecule has 1 aromatic carbocycles. The zero-order chi connectivity index (χ0) is 15.3. The minimum Gasteiger partial charge on any atom is -0.496 e. The summed E-state index contributed by atoms with van der Waals surface area (Å²) in [4.78, 5) is 2.58. The van der Waals surface area contributed by atoms with Crippen molar-refractivity contribution in [3.63, 3.8) is 0 Å². The van der Waals surface area contributed by atoms with E-state index in [9.17, 15) is 0 Å². The molecule has 0 aliphatic carbocycles. The maximum atomic E-state index is 5.56. The van der Waals surface area contributed by atoms with Crippen LogP contribution in [0.1, 0.15) is 51.2 Å². The van der Waals surface area contributed by atoms with E-state index in [-0.39, 0.29) is 0 Å². The van der Waals surface area contributed by atoms with Gasteiger partial charge < -0.3 is 10.1 Å². The minimum absolute atomic E-state index is 0.307. The van der Waals surface area contributed by atoms with Crippen molar-refractivity contribution in [3.8, 4) is 5.75 Å². The first-order valence-corrected chi connectivity index (χ1v) is 8.18. The van der Waals surface area contributed by atoms with E-state index in [2.05, 4.69) is 49.2 Å². The quantitative estimate of drug-likeness (QED) is 0.777. The third-order valence-corrected chi connectivity index (χ3v) is 4.53. The molecule has 118 valence electrons. The van der Waals surface area contributed by atoms with Crippen molar-refractivity contribution >= 4 is 0 Å². The fourth-order valence-corrected chi connectivity index (χ4v) is 3.14. The predicted molar refractivity (Wildman–Crippen MR) is 88.7 cm³/mol. The average Bonchev–Trinajstić information content (AvgIpc) is 2.79. The van der Waals surface area contributed by atoms with Crippen LogP contribution in [0.3, 0.4) is 0 Å². The molecule has 1 heterocycles. The summed E-state index contributed by atoms with van der Waals surface area (Å²) in [5.74, 6) is 1.01. The first-order chi connectivity index (χ1) is 10.1. The van der Waals surface area contributed by atoms with Crippen molar-refractivity contribution in [3.05, 3.63) is 29.3 Å². The second-order valence-electron chi connectivity index (χ2n) is 6.66. The Morgan fingerprint density at radius 1 is 1.33 bits per heavy atom. The molecule has 3 nitrogen and oxygen atoms in total. The molecule has 21 heavy (non-hydrogen) atoms. The zero-order valence-electron chi connectivity index (χ0n) is 14.0. The fraction of sp³-hybridized carbons (Fsp3) is 0.667. The maximum Gasteiger partial charge on any atom is 0.123 e. The van der Waals surface area contributed by atoms with E-state index in [0.29, 0.717) is 5.54 Å². The Bertz CT molecular complexity index is 457. The highest BCUT2D eigenvalue weighted by Gasteiger charge is 2.32. The molecule has 0 spiro atoms. The highest BCUT2D eigenvalue weighted by Crippen LogP contribution is 2.32. The van der Waals surface area contributed by atoms with Crippen LogP contribution in [0.15, 0.2) is 18.2 Å². The van der Waals surface area contributed by atoms with Crippen molar-refractivity contribution in [1.82, 2.24) is 10.2 Å². The zero-order valence-corrected chi connectivity index (χ0v) is 14.0. The van der Waals surface area contributed by atoms with Gasteiger partial charge in [-0.2, -0.15) is 0 Å². The van der Waals surface area contributed by atoms with Gasteiger partial charge >= 0.3 is 0 Å². The molecule has 1 aliphatic heterocycles. The van der Waals surface area contributed by atoms with Crippen LogP contribution < -0.4 is 10.1 Å². The summed E-state index contributed by atoms with van der Waals surface area (Å²) in [7, 11) is 1.77. The smallest absolute Gasteiger partial charge is 0.123 e. The second-order valence-corrected chi connectivity index (χ2v) is 6.66.